The fraction of sp³-hybridized carbons (Fsp3) is 0.429. The summed E-state index contributed by atoms with van der Waals surface area (Å²) in [5.74, 6) is 0.487. The van der Waals surface area contributed by atoms with Crippen LogP contribution in [-0.4, -0.2) is 48.0 Å². The molecule has 29 heavy (non-hydrogen) atoms. The van der Waals surface area contributed by atoms with Gasteiger partial charge < -0.3 is 10.2 Å². The minimum Gasteiger partial charge on any atom is -0.355 e. The number of hydrogen-bond donors (Lipinski definition) is 1. The standard InChI is InChI=1S/C21H25F3N4O/c1-2-18(20(29)26-17-7-4-3-5-8-17)27-11-6-12-28(14-13-27)19-10-9-16(15-25-19)21(22,23)24/h3-5,7-10,15,18H,2,6,11-14H2,1H3,(H,26,29)/t18-/m0/s1. The normalized spacial score (nSPS) is 16.9. The van der Waals surface area contributed by atoms with Gasteiger partial charge in [0.2, 0.25) is 5.91 Å². The van der Waals surface area contributed by atoms with Gasteiger partial charge in [-0.3, -0.25) is 9.69 Å². The molecule has 1 aromatic carbocycles. The summed E-state index contributed by atoms with van der Waals surface area (Å²) in [5.41, 5.74) is 0.0164. The van der Waals surface area contributed by atoms with E-state index in [1.807, 2.05) is 42.2 Å². The van der Waals surface area contributed by atoms with Crippen molar-refractivity contribution in [1.82, 2.24) is 9.88 Å². The Morgan fingerprint density at radius 2 is 1.86 bits per heavy atom. The summed E-state index contributed by atoms with van der Waals surface area (Å²) in [7, 11) is 0. The Balaban J connectivity index is 1.62. The lowest BCUT2D eigenvalue weighted by Crippen LogP contribution is -2.45. The highest BCUT2D eigenvalue weighted by Crippen LogP contribution is 2.29. The maximum Gasteiger partial charge on any atom is 0.417 e. The van der Waals surface area contributed by atoms with Crippen molar-refractivity contribution < 1.29 is 18.0 Å². The van der Waals surface area contributed by atoms with Crippen LogP contribution in [0, 0.1) is 0 Å². The molecule has 156 valence electrons. The quantitative estimate of drug-likeness (QED) is 0.815. The first kappa shape index (κ1) is 21.1. The maximum absolute atomic E-state index is 12.8. The number of nitrogens with one attached hydrogen (secondary N) is 1. The zero-order valence-electron chi connectivity index (χ0n) is 16.3. The average molecular weight is 406 g/mol. The molecule has 1 fully saturated rings. The molecule has 1 amide bonds. The molecule has 5 nitrogen and oxygen atoms in total. The van der Waals surface area contributed by atoms with Crippen LogP contribution in [-0.2, 0) is 11.0 Å². The number of carbonyl (C=O) groups excluding carboxylic acids is 1. The molecule has 3 rings (SSSR count). The van der Waals surface area contributed by atoms with Gasteiger partial charge in [-0.25, -0.2) is 4.98 Å². The zero-order chi connectivity index (χ0) is 20.9. The summed E-state index contributed by atoms with van der Waals surface area (Å²) in [6.45, 7) is 4.66. The molecule has 0 radical (unpaired) electrons. The first-order chi connectivity index (χ1) is 13.9. The van der Waals surface area contributed by atoms with Gasteiger partial charge in [0.15, 0.2) is 0 Å². The van der Waals surface area contributed by atoms with Gasteiger partial charge in [0.1, 0.15) is 5.82 Å². The second kappa shape index (κ2) is 9.26. The van der Waals surface area contributed by atoms with Gasteiger partial charge in [-0.15, -0.1) is 0 Å². The second-order valence-electron chi connectivity index (χ2n) is 7.06. The van der Waals surface area contributed by atoms with E-state index in [0.29, 0.717) is 31.9 Å². The van der Waals surface area contributed by atoms with Crippen LogP contribution in [0.15, 0.2) is 48.7 Å². The summed E-state index contributed by atoms with van der Waals surface area (Å²) >= 11 is 0. The molecule has 2 aromatic rings. The molecule has 0 aliphatic carbocycles. The fourth-order valence-corrected chi connectivity index (χ4v) is 3.58. The van der Waals surface area contributed by atoms with Crippen LogP contribution < -0.4 is 10.2 Å². The van der Waals surface area contributed by atoms with Crippen molar-refractivity contribution >= 4 is 17.4 Å². The van der Waals surface area contributed by atoms with Crippen molar-refractivity contribution in [2.75, 3.05) is 36.4 Å². The lowest BCUT2D eigenvalue weighted by molar-refractivity contribution is -0.137. The van der Waals surface area contributed by atoms with Crippen molar-refractivity contribution in [3.8, 4) is 0 Å². The van der Waals surface area contributed by atoms with Crippen molar-refractivity contribution in [1.29, 1.82) is 0 Å². The number of rotatable bonds is 5. The van der Waals surface area contributed by atoms with Crippen molar-refractivity contribution in [3.63, 3.8) is 0 Å². The third-order valence-corrected chi connectivity index (χ3v) is 5.10. The van der Waals surface area contributed by atoms with E-state index in [-0.39, 0.29) is 11.9 Å². The number of para-hydroxylation sites is 1. The summed E-state index contributed by atoms with van der Waals surface area (Å²) in [4.78, 5) is 20.9. The van der Waals surface area contributed by atoms with Crippen molar-refractivity contribution in [2.45, 2.75) is 32.0 Å². The Labute approximate surface area is 168 Å². The topological polar surface area (TPSA) is 48.5 Å². The predicted molar refractivity (Wildman–Crippen MR) is 107 cm³/mol. The first-order valence-corrected chi connectivity index (χ1v) is 9.76. The highest BCUT2D eigenvalue weighted by atomic mass is 19.4. The largest absolute Gasteiger partial charge is 0.417 e. The van der Waals surface area contributed by atoms with Crippen LogP contribution in [0.4, 0.5) is 24.7 Å². The number of hydrogen-bond acceptors (Lipinski definition) is 4. The van der Waals surface area contributed by atoms with Gasteiger partial charge >= 0.3 is 6.18 Å². The average Bonchev–Trinajstić information content (AvgIpc) is 2.95. The van der Waals surface area contributed by atoms with Crippen LogP contribution in [0.2, 0.25) is 0 Å². The van der Waals surface area contributed by atoms with Gasteiger partial charge in [-0.05, 0) is 37.1 Å². The molecule has 0 bridgehead atoms. The molecule has 0 unspecified atom stereocenters. The fourth-order valence-electron chi connectivity index (χ4n) is 3.58. The second-order valence-corrected chi connectivity index (χ2v) is 7.06. The molecule has 0 saturated carbocycles. The van der Waals surface area contributed by atoms with Crippen LogP contribution in [0.25, 0.3) is 0 Å². The minimum atomic E-state index is -4.39. The Kier molecular flexibility index (Phi) is 6.74. The third-order valence-electron chi connectivity index (χ3n) is 5.10. The summed E-state index contributed by atoms with van der Waals surface area (Å²) in [5, 5.41) is 2.96. The minimum absolute atomic E-state index is 0.0418. The van der Waals surface area contributed by atoms with Crippen LogP contribution in [0.5, 0.6) is 0 Å². The van der Waals surface area contributed by atoms with E-state index in [4.69, 9.17) is 0 Å². The van der Waals surface area contributed by atoms with Gasteiger partial charge in [0.05, 0.1) is 11.6 Å². The SMILES string of the molecule is CC[C@@H](C(=O)Nc1ccccc1)N1CCCN(c2ccc(C(F)(F)F)cn2)CC1. The molecule has 1 aliphatic heterocycles. The van der Waals surface area contributed by atoms with Gasteiger partial charge in [0.25, 0.3) is 0 Å². The maximum atomic E-state index is 12.8. The summed E-state index contributed by atoms with van der Waals surface area (Å²) in [6.07, 6.45) is -2.03. The number of amides is 1. The molecule has 1 aliphatic rings. The highest BCUT2D eigenvalue weighted by molar-refractivity contribution is 5.94. The highest BCUT2D eigenvalue weighted by Gasteiger charge is 2.31. The molecule has 1 saturated heterocycles. The number of nitrogens with zero attached hydrogens (tertiary/aromatic N) is 3. The van der Waals surface area contributed by atoms with Crippen LogP contribution >= 0.6 is 0 Å². The number of alkyl halides is 3. The first-order valence-electron chi connectivity index (χ1n) is 9.76. The molecular formula is C21H25F3N4O. The lowest BCUT2D eigenvalue weighted by atomic mass is 10.1. The number of anilines is 2. The smallest absolute Gasteiger partial charge is 0.355 e. The zero-order valence-corrected chi connectivity index (χ0v) is 16.3. The number of aromatic nitrogens is 1. The van der Waals surface area contributed by atoms with Crippen molar-refractivity contribution in [2.24, 2.45) is 0 Å². The molecule has 1 atom stereocenters. The van der Waals surface area contributed by atoms with E-state index in [9.17, 15) is 18.0 Å². The Hall–Kier alpha value is -2.61. The van der Waals surface area contributed by atoms with Gasteiger partial charge in [-0.1, -0.05) is 25.1 Å². The summed E-state index contributed by atoms with van der Waals surface area (Å²) < 4.78 is 38.2. The Morgan fingerprint density at radius 3 is 2.48 bits per heavy atom. The van der Waals surface area contributed by atoms with E-state index < -0.39 is 11.7 Å². The summed E-state index contributed by atoms with van der Waals surface area (Å²) in [6, 6.07) is 11.6. The molecule has 1 N–H and O–H groups in total. The number of benzene rings is 1. The Morgan fingerprint density at radius 1 is 1.10 bits per heavy atom. The molecular weight excluding hydrogens is 381 g/mol. The molecule has 2 heterocycles. The van der Waals surface area contributed by atoms with Gasteiger partial charge in [0, 0.05) is 38.1 Å². The number of pyridine rings is 1. The third kappa shape index (κ3) is 5.47. The van der Waals surface area contributed by atoms with Crippen molar-refractivity contribution in [3.05, 3.63) is 54.2 Å². The van der Waals surface area contributed by atoms with E-state index in [1.54, 1.807) is 0 Å². The van der Waals surface area contributed by atoms with E-state index in [2.05, 4.69) is 15.2 Å². The van der Waals surface area contributed by atoms with E-state index in [1.165, 1.54) is 6.07 Å². The van der Waals surface area contributed by atoms with E-state index in [0.717, 1.165) is 30.9 Å². The predicted octanol–water partition coefficient (Wildman–Crippen LogP) is 4.03. The number of carbonyl (C=O) groups is 1. The molecule has 0 spiro atoms. The van der Waals surface area contributed by atoms with E-state index >= 15 is 0 Å². The van der Waals surface area contributed by atoms with Crippen LogP contribution in [0.3, 0.4) is 0 Å². The molecule has 8 heteroatoms. The van der Waals surface area contributed by atoms with Crippen LogP contribution in [0.1, 0.15) is 25.3 Å². The molecule has 1 aromatic heterocycles. The number of halogens is 3. The van der Waals surface area contributed by atoms with Gasteiger partial charge in [-0.2, -0.15) is 13.2 Å². The Bertz CT molecular complexity index is 796. The monoisotopic (exact) mass is 406 g/mol. The lowest BCUT2D eigenvalue weighted by Gasteiger charge is -2.29.